The molecule has 3 aromatic carbocycles. The van der Waals surface area contributed by atoms with Crippen molar-refractivity contribution in [1.29, 1.82) is 0 Å². The molecule has 1 amide bonds. The van der Waals surface area contributed by atoms with Gasteiger partial charge in [-0.15, -0.1) is 0 Å². The van der Waals surface area contributed by atoms with Gasteiger partial charge in [-0.2, -0.15) is 8.78 Å². The highest BCUT2D eigenvalue weighted by molar-refractivity contribution is 7.89. The zero-order valence-electron chi connectivity index (χ0n) is 21.5. The number of halogens is 3. The van der Waals surface area contributed by atoms with Crippen molar-refractivity contribution in [1.82, 2.24) is 10.0 Å². The Balaban J connectivity index is 1.31. The molecule has 1 saturated carbocycles. The van der Waals surface area contributed by atoms with E-state index < -0.39 is 22.5 Å². The molecule has 3 aromatic rings. The largest absolute Gasteiger partial charge is 0.349 e. The van der Waals surface area contributed by atoms with Crippen LogP contribution < -0.4 is 15.8 Å². The van der Waals surface area contributed by atoms with Crippen LogP contribution in [0.1, 0.15) is 49.8 Å². The maximum atomic E-state index is 13.8. The second-order valence-electron chi connectivity index (χ2n) is 9.96. The summed E-state index contributed by atoms with van der Waals surface area (Å²) < 4.78 is 69.3. The Kier molecular flexibility index (Phi) is 8.78. The normalized spacial score (nSPS) is 18.9. The molecule has 6 nitrogen and oxygen atoms in total. The first-order valence-corrected chi connectivity index (χ1v) is 14.3. The molecule has 0 aliphatic heterocycles. The van der Waals surface area contributed by atoms with Crippen LogP contribution in [0.4, 0.5) is 13.2 Å². The summed E-state index contributed by atoms with van der Waals surface area (Å²) in [6.07, 6.45) is 2.15. The highest BCUT2D eigenvalue weighted by Gasteiger charge is 2.30. The standard InChI is InChI=1S/C29H32F3N3O3S/c1-19(20-4-12-25(30)13-5-20)34-28(36)23-6-14-26(15-7-23)35-39(37,38)27-16-8-22(9-17-27)21-2-10-24(11-3-21)29(31,32)18-33/h2-5,8-13,16-17,19,23,26,35H,6-7,14-15,18,33H2,1H3,(H,34,36)/t19-,23-,26-/m1/s1. The molecule has 0 heterocycles. The number of benzene rings is 3. The van der Waals surface area contributed by atoms with Gasteiger partial charge in [0.05, 0.1) is 17.5 Å². The summed E-state index contributed by atoms with van der Waals surface area (Å²) in [5.74, 6) is -3.75. The molecule has 0 spiro atoms. The molecule has 4 N–H and O–H groups in total. The maximum absolute atomic E-state index is 13.8. The van der Waals surface area contributed by atoms with Gasteiger partial charge in [0.25, 0.3) is 5.92 Å². The first-order chi connectivity index (χ1) is 18.5. The summed E-state index contributed by atoms with van der Waals surface area (Å²) in [6, 6.07) is 17.4. The molecule has 1 aliphatic carbocycles. The highest BCUT2D eigenvalue weighted by atomic mass is 32.2. The molecule has 10 heteroatoms. The third kappa shape index (κ3) is 7.06. The van der Waals surface area contributed by atoms with E-state index in [0.717, 1.165) is 5.56 Å². The van der Waals surface area contributed by atoms with Gasteiger partial charge in [-0.1, -0.05) is 48.5 Å². The minimum atomic E-state index is -3.78. The fourth-order valence-corrected chi connectivity index (χ4v) is 6.08. The lowest BCUT2D eigenvalue weighted by atomic mass is 9.85. The van der Waals surface area contributed by atoms with Gasteiger partial charge in [-0.25, -0.2) is 17.5 Å². The molecule has 4 rings (SSSR count). The Bertz CT molecular complexity index is 1370. The van der Waals surface area contributed by atoms with Gasteiger partial charge in [-0.05, 0) is 73.6 Å². The highest BCUT2D eigenvalue weighted by Crippen LogP contribution is 2.30. The number of hydrogen-bond acceptors (Lipinski definition) is 4. The zero-order chi connectivity index (χ0) is 28.2. The fourth-order valence-electron chi connectivity index (χ4n) is 4.78. The van der Waals surface area contributed by atoms with Gasteiger partial charge in [0.2, 0.25) is 15.9 Å². The average molecular weight is 560 g/mol. The molecule has 1 atom stereocenters. The van der Waals surface area contributed by atoms with Crippen molar-refractivity contribution in [2.24, 2.45) is 11.7 Å². The molecule has 208 valence electrons. The molecule has 0 radical (unpaired) electrons. The van der Waals surface area contributed by atoms with E-state index in [9.17, 15) is 26.4 Å². The minimum Gasteiger partial charge on any atom is -0.349 e. The molecular formula is C29H32F3N3O3S. The zero-order valence-corrected chi connectivity index (χ0v) is 22.4. The summed E-state index contributed by atoms with van der Waals surface area (Å²) in [4.78, 5) is 12.8. The van der Waals surface area contributed by atoms with E-state index >= 15 is 0 Å². The molecule has 0 saturated heterocycles. The van der Waals surface area contributed by atoms with Gasteiger partial charge in [-0.3, -0.25) is 4.79 Å². The molecule has 0 unspecified atom stereocenters. The Hall–Kier alpha value is -3.21. The molecule has 39 heavy (non-hydrogen) atoms. The lowest BCUT2D eigenvalue weighted by Crippen LogP contribution is -2.41. The van der Waals surface area contributed by atoms with Gasteiger partial charge >= 0.3 is 0 Å². The monoisotopic (exact) mass is 559 g/mol. The lowest BCUT2D eigenvalue weighted by molar-refractivity contribution is -0.126. The van der Waals surface area contributed by atoms with Crippen LogP contribution in [-0.4, -0.2) is 26.9 Å². The molecular weight excluding hydrogens is 527 g/mol. The van der Waals surface area contributed by atoms with E-state index in [4.69, 9.17) is 5.73 Å². The summed E-state index contributed by atoms with van der Waals surface area (Å²) >= 11 is 0. The minimum absolute atomic E-state index is 0.0940. The van der Waals surface area contributed by atoms with Crippen LogP contribution in [0, 0.1) is 11.7 Å². The first-order valence-electron chi connectivity index (χ1n) is 12.9. The molecule has 0 aromatic heterocycles. The summed E-state index contributed by atoms with van der Waals surface area (Å²) in [5, 5.41) is 2.96. The third-order valence-corrected chi connectivity index (χ3v) is 8.75. The van der Waals surface area contributed by atoms with E-state index in [2.05, 4.69) is 10.0 Å². The quantitative estimate of drug-likeness (QED) is 0.333. The van der Waals surface area contributed by atoms with Crippen LogP contribution in [0.2, 0.25) is 0 Å². The van der Waals surface area contributed by atoms with Crippen LogP contribution in [-0.2, 0) is 20.7 Å². The van der Waals surface area contributed by atoms with Crippen LogP contribution in [0.3, 0.4) is 0 Å². The van der Waals surface area contributed by atoms with Crippen molar-refractivity contribution in [2.75, 3.05) is 6.54 Å². The smallest absolute Gasteiger partial charge is 0.285 e. The number of carbonyl (C=O) groups is 1. The summed E-state index contributed by atoms with van der Waals surface area (Å²) in [7, 11) is -3.78. The van der Waals surface area contributed by atoms with Gasteiger partial charge in [0.15, 0.2) is 0 Å². The Morgan fingerprint density at radius 3 is 2.00 bits per heavy atom. The Morgan fingerprint density at radius 1 is 0.923 bits per heavy atom. The molecule has 1 fully saturated rings. The maximum Gasteiger partial charge on any atom is 0.285 e. The van der Waals surface area contributed by atoms with Crippen LogP contribution >= 0.6 is 0 Å². The van der Waals surface area contributed by atoms with E-state index in [1.165, 1.54) is 36.4 Å². The summed E-state index contributed by atoms with van der Waals surface area (Å²) in [6.45, 7) is 1.06. The van der Waals surface area contributed by atoms with E-state index in [-0.39, 0.29) is 40.2 Å². The van der Waals surface area contributed by atoms with Crippen molar-refractivity contribution in [3.8, 4) is 11.1 Å². The number of nitrogens with one attached hydrogen (secondary N) is 2. The third-order valence-electron chi connectivity index (χ3n) is 7.21. The second-order valence-corrected chi connectivity index (χ2v) is 11.7. The first kappa shape index (κ1) is 28.8. The number of sulfonamides is 1. The predicted molar refractivity (Wildman–Crippen MR) is 144 cm³/mol. The predicted octanol–water partition coefficient (Wildman–Crippen LogP) is 5.26. The fraction of sp³-hybridized carbons (Fsp3) is 0.345. The van der Waals surface area contributed by atoms with Crippen LogP contribution in [0.5, 0.6) is 0 Å². The van der Waals surface area contributed by atoms with E-state index in [1.54, 1.807) is 36.4 Å². The van der Waals surface area contributed by atoms with Crippen molar-refractivity contribution in [2.45, 2.75) is 55.5 Å². The number of alkyl halides is 2. The number of carbonyl (C=O) groups excluding carboxylic acids is 1. The SMILES string of the molecule is C[C@@H](NC(=O)[C@H]1CC[C@H](NS(=O)(=O)c2ccc(-c3ccc(C(F)(F)CN)cc3)cc2)CC1)c1ccc(F)cc1. The van der Waals surface area contributed by atoms with Crippen LogP contribution in [0.25, 0.3) is 11.1 Å². The number of rotatable bonds is 9. The van der Waals surface area contributed by atoms with Gasteiger partial charge < -0.3 is 11.1 Å². The number of hydrogen-bond donors (Lipinski definition) is 3. The van der Waals surface area contributed by atoms with Crippen molar-refractivity contribution in [3.63, 3.8) is 0 Å². The molecule has 1 aliphatic rings. The van der Waals surface area contributed by atoms with E-state index in [0.29, 0.717) is 36.8 Å². The topological polar surface area (TPSA) is 101 Å². The van der Waals surface area contributed by atoms with Crippen molar-refractivity contribution >= 4 is 15.9 Å². The lowest BCUT2D eigenvalue weighted by Gasteiger charge is -2.29. The number of amides is 1. The Labute approximate surface area is 226 Å². The Morgan fingerprint density at radius 2 is 1.46 bits per heavy atom. The molecule has 0 bridgehead atoms. The van der Waals surface area contributed by atoms with Crippen molar-refractivity contribution in [3.05, 3.63) is 89.7 Å². The van der Waals surface area contributed by atoms with Gasteiger partial charge in [0.1, 0.15) is 5.82 Å². The van der Waals surface area contributed by atoms with Crippen LogP contribution in [0.15, 0.2) is 77.7 Å². The average Bonchev–Trinajstić information content (AvgIpc) is 2.93. The van der Waals surface area contributed by atoms with E-state index in [1.807, 2.05) is 6.92 Å². The second kappa shape index (κ2) is 11.9. The number of nitrogens with two attached hydrogens (primary N) is 1. The summed E-state index contributed by atoms with van der Waals surface area (Å²) in [5.41, 5.74) is 7.13. The van der Waals surface area contributed by atoms with Crippen molar-refractivity contribution < 1.29 is 26.4 Å². The van der Waals surface area contributed by atoms with Gasteiger partial charge in [0, 0.05) is 17.5 Å².